The van der Waals surface area contributed by atoms with Crippen LogP contribution in [-0.4, -0.2) is 31.1 Å². The molecule has 2 atom stereocenters. The smallest absolute Gasteiger partial charge is 0.296 e. The highest BCUT2D eigenvalue weighted by molar-refractivity contribution is 7.86. The van der Waals surface area contributed by atoms with Gasteiger partial charge in [0.1, 0.15) is 22.0 Å². The van der Waals surface area contributed by atoms with Crippen LogP contribution in [0.1, 0.15) is 39.9 Å². The molecule has 0 aromatic heterocycles. The molecular formula is C31H24Cl2N4O6S. The average molecular weight is 652 g/mol. The molecule has 4 aromatic carbocycles. The van der Waals surface area contributed by atoms with E-state index in [1.807, 2.05) is 43.3 Å². The fraction of sp³-hybridized carbons (Fsp3) is 0.129. The Morgan fingerprint density at radius 3 is 2.48 bits per heavy atom. The molecule has 0 spiro atoms. The maximum atomic E-state index is 13.5. The molecule has 44 heavy (non-hydrogen) atoms. The van der Waals surface area contributed by atoms with Gasteiger partial charge in [-0.15, -0.1) is 10.2 Å². The first kappa shape index (κ1) is 29.6. The molecule has 0 saturated heterocycles. The van der Waals surface area contributed by atoms with Crippen molar-refractivity contribution in [1.29, 1.82) is 0 Å². The molecule has 10 nitrogen and oxygen atoms in total. The zero-order valence-corrected chi connectivity index (χ0v) is 25.5. The van der Waals surface area contributed by atoms with Gasteiger partial charge in [-0.25, -0.2) is 0 Å². The van der Waals surface area contributed by atoms with Crippen molar-refractivity contribution < 1.29 is 27.6 Å². The minimum absolute atomic E-state index is 0.00517. The van der Waals surface area contributed by atoms with E-state index in [9.17, 15) is 22.9 Å². The number of hydrogen-bond acceptors (Lipinski definition) is 8. The molecule has 4 N–H and O–H groups in total. The van der Waals surface area contributed by atoms with Gasteiger partial charge in [0.25, 0.3) is 16.0 Å². The molecule has 4 aromatic rings. The number of nitrogens with zero attached hydrogens (tertiary/aromatic N) is 2. The number of anilines is 2. The summed E-state index contributed by atoms with van der Waals surface area (Å²) in [5.74, 6) is -0.536. The number of hydrogen-bond donors (Lipinski definition) is 4. The topological polar surface area (TPSA) is 150 Å². The van der Waals surface area contributed by atoms with Gasteiger partial charge in [-0.05, 0) is 66.6 Å². The Hall–Kier alpha value is -4.42. The second-order valence-corrected chi connectivity index (χ2v) is 12.6. The van der Waals surface area contributed by atoms with Crippen LogP contribution >= 0.6 is 23.2 Å². The van der Waals surface area contributed by atoms with Crippen molar-refractivity contribution in [2.24, 2.45) is 10.2 Å². The number of carbonyl (C=O) groups is 1. The van der Waals surface area contributed by atoms with Crippen molar-refractivity contribution in [3.63, 3.8) is 0 Å². The number of para-hydroxylation sites is 1. The number of carbonyl (C=O) groups excluding carboxylic acids is 1. The summed E-state index contributed by atoms with van der Waals surface area (Å²) in [5.41, 5.74) is 2.79. The lowest BCUT2D eigenvalue weighted by Crippen LogP contribution is -2.35. The van der Waals surface area contributed by atoms with Crippen LogP contribution in [-0.2, 0) is 15.7 Å². The maximum Gasteiger partial charge on any atom is 0.296 e. The predicted octanol–water partition coefficient (Wildman–Crippen LogP) is 8.07. The third kappa shape index (κ3) is 5.07. The van der Waals surface area contributed by atoms with Gasteiger partial charge < -0.3 is 20.5 Å². The van der Waals surface area contributed by atoms with Gasteiger partial charge in [0.15, 0.2) is 5.75 Å². The van der Waals surface area contributed by atoms with Gasteiger partial charge in [-0.3, -0.25) is 9.35 Å². The highest BCUT2D eigenvalue weighted by Gasteiger charge is 2.47. The number of methoxy groups -OCH3 is 1. The lowest BCUT2D eigenvalue weighted by molar-refractivity contribution is 0.102. The zero-order valence-electron chi connectivity index (χ0n) is 23.2. The molecule has 1 heterocycles. The summed E-state index contributed by atoms with van der Waals surface area (Å²) in [6, 6.07) is 18.2. The number of rotatable bonds is 6. The number of nitrogens with one attached hydrogen (secondary N) is 2. The lowest BCUT2D eigenvalue weighted by atomic mass is 9.72. The second kappa shape index (κ2) is 10.9. The molecule has 13 heteroatoms. The van der Waals surface area contributed by atoms with E-state index in [0.29, 0.717) is 22.6 Å². The Kier molecular flexibility index (Phi) is 7.37. The molecule has 1 aliphatic carbocycles. The number of ether oxygens (including phenoxy) is 1. The summed E-state index contributed by atoms with van der Waals surface area (Å²) in [6.07, 6.45) is 3.91. The fourth-order valence-corrected chi connectivity index (χ4v) is 6.95. The van der Waals surface area contributed by atoms with E-state index in [1.54, 1.807) is 30.3 Å². The normalized spacial score (nSPS) is 18.3. The molecule has 0 saturated carbocycles. The summed E-state index contributed by atoms with van der Waals surface area (Å²) >= 11 is 12.4. The van der Waals surface area contributed by atoms with Crippen molar-refractivity contribution in [2.75, 3.05) is 17.7 Å². The first-order valence-electron chi connectivity index (χ1n) is 13.2. The van der Waals surface area contributed by atoms with E-state index in [1.165, 1.54) is 7.11 Å². The summed E-state index contributed by atoms with van der Waals surface area (Å²) in [4.78, 5) is 12.9. The number of fused-ring (bicyclic) bond motifs is 5. The van der Waals surface area contributed by atoms with Gasteiger partial charge in [-0.2, -0.15) is 8.42 Å². The standard InChI is InChI=1S/C31H24Cl2N4O6S/c1-31-21(19-5-3-4-6-24(19)35-31)12-7-16-13-20(30(39)34-17-8-10-18(43-2)11-9-17)29(38)28(27(16)31)37-36-25-14-23(33)26(15-22(25)32)44(40,41)42/h3-15,21,35,38H,1-2H3,(H,34,39)(H,40,41,42). The zero-order chi connectivity index (χ0) is 31.4. The van der Waals surface area contributed by atoms with Crippen LogP contribution in [0, 0.1) is 0 Å². The third-order valence-corrected chi connectivity index (χ3v) is 9.36. The number of halogens is 2. The van der Waals surface area contributed by atoms with Crippen molar-refractivity contribution >= 4 is 68.1 Å². The van der Waals surface area contributed by atoms with Crippen LogP contribution < -0.4 is 15.4 Å². The van der Waals surface area contributed by atoms with E-state index >= 15 is 0 Å². The second-order valence-electron chi connectivity index (χ2n) is 10.4. The summed E-state index contributed by atoms with van der Waals surface area (Å²) in [7, 11) is -3.11. The Morgan fingerprint density at radius 1 is 1.05 bits per heavy atom. The Bertz CT molecular complexity index is 2010. The maximum absolute atomic E-state index is 13.5. The Balaban J connectivity index is 1.49. The Labute approximate surface area is 262 Å². The lowest BCUT2D eigenvalue weighted by Gasteiger charge is -2.37. The Morgan fingerprint density at radius 2 is 1.77 bits per heavy atom. The van der Waals surface area contributed by atoms with E-state index in [0.717, 1.165) is 23.4 Å². The highest BCUT2D eigenvalue weighted by atomic mass is 35.5. The van der Waals surface area contributed by atoms with E-state index in [-0.39, 0.29) is 32.9 Å². The number of aromatic hydroxyl groups is 1. The molecule has 1 aliphatic heterocycles. The molecule has 0 radical (unpaired) electrons. The summed E-state index contributed by atoms with van der Waals surface area (Å²) in [6.45, 7) is 1.97. The third-order valence-electron chi connectivity index (χ3n) is 7.73. The number of azo groups is 1. The van der Waals surface area contributed by atoms with Crippen molar-refractivity contribution in [3.8, 4) is 11.5 Å². The molecule has 6 rings (SSSR count). The molecular weight excluding hydrogens is 627 g/mol. The first-order valence-corrected chi connectivity index (χ1v) is 15.4. The van der Waals surface area contributed by atoms with Crippen LogP contribution in [0.3, 0.4) is 0 Å². The van der Waals surface area contributed by atoms with Gasteiger partial charge >= 0.3 is 0 Å². The van der Waals surface area contributed by atoms with Crippen LogP contribution in [0.15, 0.2) is 87.9 Å². The van der Waals surface area contributed by atoms with E-state index in [4.69, 9.17) is 27.9 Å². The van der Waals surface area contributed by atoms with Crippen LogP contribution in [0.5, 0.6) is 11.5 Å². The number of phenols is 1. The van der Waals surface area contributed by atoms with Gasteiger partial charge in [0, 0.05) is 22.9 Å². The molecule has 1 amide bonds. The van der Waals surface area contributed by atoms with Gasteiger partial charge in [0.05, 0.1) is 28.3 Å². The number of amides is 1. The van der Waals surface area contributed by atoms with E-state index in [2.05, 4.69) is 20.9 Å². The average Bonchev–Trinajstić information content (AvgIpc) is 3.29. The number of phenolic OH excluding ortho intramolecular Hbond substituents is 1. The molecule has 224 valence electrons. The minimum atomic E-state index is -4.64. The van der Waals surface area contributed by atoms with Crippen molar-refractivity contribution in [3.05, 3.63) is 105 Å². The number of benzene rings is 4. The highest BCUT2D eigenvalue weighted by Crippen LogP contribution is 2.57. The van der Waals surface area contributed by atoms with Crippen LogP contribution in [0.2, 0.25) is 10.0 Å². The predicted molar refractivity (Wildman–Crippen MR) is 169 cm³/mol. The van der Waals surface area contributed by atoms with Crippen LogP contribution in [0.25, 0.3) is 6.08 Å². The van der Waals surface area contributed by atoms with E-state index < -0.39 is 32.2 Å². The molecule has 0 fully saturated rings. The summed E-state index contributed by atoms with van der Waals surface area (Å²) < 4.78 is 38.0. The fourth-order valence-electron chi connectivity index (χ4n) is 5.66. The first-order chi connectivity index (χ1) is 20.9. The van der Waals surface area contributed by atoms with Crippen LogP contribution in [0.4, 0.5) is 22.7 Å². The van der Waals surface area contributed by atoms with Gasteiger partial charge in [0.2, 0.25) is 0 Å². The quantitative estimate of drug-likeness (QED) is 0.122. The molecule has 2 unspecified atom stereocenters. The molecule has 0 bridgehead atoms. The molecule has 2 aliphatic rings. The largest absolute Gasteiger partial charge is 0.505 e. The monoisotopic (exact) mass is 650 g/mol. The van der Waals surface area contributed by atoms with Gasteiger partial charge in [-0.1, -0.05) is 53.6 Å². The van der Waals surface area contributed by atoms with Crippen molar-refractivity contribution in [2.45, 2.75) is 23.3 Å². The SMILES string of the molecule is COc1ccc(NC(=O)c2cc3c(c(N=Nc4cc(Cl)c(S(=O)(=O)O)cc4Cl)c2O)C2(C)Nc4ccccc4C2C=C3)cc1. The van der Waals surface area contributed by atoms with Crippen molar-refractivity contribution in [1.82, 2.24) is 0 Å². The summed E-state index contributed by atoms with van der Waals surface area (Å²) in [5, 5.41) is 26.0. The minimum Gasteiger partial charge on any atom is -0.505 e.